The average molecular weight is 213 g/mol. The van der Waals surface area contributed by atoms with Crippen molar-refractivity contribution in [1.29, 1.82) is 0 Å². The highest BCUT2D eigenvalue weighted by Gasteiger charge is 2.20. The molecule has 0 fully saturated rings. The molecule has 0 aromatic carbocycles. The molecule has 0 saturated heterocycles. The summed E-state index contributed by atoms with van der Waals surface area (Å²) in [5.74, 6) is -0.535. The summed E-state index contributed by atoms with van der Waals surface area (Å²) in [5, 5.41) is 0.558. The van der Waals surface area contributed by atoms with Gasteiger partial charge in [0.2, 0.25) is 0 Å². The van der Waals surface area contributed by atoms with Crippen molar-refractivity contribution in [3.63, 3.8) is 0 Å². The molecule has 0 bridgehead atoms. The molecule has 0 spiro atoms. The summed E-state index contributed by atoms with van der Waals surface area (Å²) < 4.78 is 0. The molecule has 1 aromatic rings. The predicted octanol–water partition coefficient (Wildman–Crippen LogP) is 2.13. The normalized spacial score (nSPS) is 11.4. The summed E-state index contributed by atoms with van der Waals surface area (Å²) in [6.45, 7) is 5.93. The first-order valence-electron chi connectivity index (χ1n) is 4.29. The summed E-state index contributed by atoms with van der Waals surface area (Å²) in [6, 6.07) is 3.18. The van der Waals surface area contributed by atoms with Crippen LogP contribution in [0.5, 0.6) is 0 Å². The largest absolute Gasteiger partial charge is 0.364 e. The lowest BCUT2D eigenvalue weighted by molar-refractivity contribution is 0.0995. The summed E-state index contributed by atoms with van der Waals surface area (Å²) in [6.07, 6.45) is 0. The van der Waals surface area contributed by atoms with E-state index in [2.05, 4.69) is 4.98 Å². The molecule has 4 heteroatoms. The molecule has 1 heterocycles. The zero-order valence-electron chi connectivity index (χ0n) is 8.47. The number of primary amides is 1. The van der Waals surface area contributed by atoms with Crippen molar-refractivity contribution in [1.82, 2.24) is 4.98 Å². The fourth-order valence-corrected chi connectivity index (χ4v) is 1.49. The van der Waals surface area contributed by atoms with Crippen molar-refractivity contribution in [2.75, 3.05) is 0 Å². The lowest BCUT2D eigenvalue weighted by atomic mass is 9.91. The van der Waals surface area contributed by atoms with Gasteiger partial charge in [0.05, 0.1) is 10.7 Å². The van der Waals surface area contributed by atoms with Crippen molar-refractivity contribution < 1.29 is 4.79 Å². The van der Waals surface area contributed by atoms with Crippen molar-refractivity contribution in [2.24, 2.45) is 5.73 Å². The fraction of sp³-hybridized carbons (Fsp3) is 0.400. The highest BCUT2D eigenvalue weighted by Crippen LogP contribution is 2.27. The summed E-state index contributed by atoms with van der Waals surface area (Å²) in [4.78, 5) is 15.0. The molecule has 0 atom stereocenters. The van der Waals surface area contributed by atoms with Crippen LogP contribution in [0.3, 0.4) is 0 Å². The highest BCUT2D eigenvalue weighted by atomic mass is 35.5. The van der Waals surface area contributed by atoms with Gasteiger partial charge in [-0.25, -0.2) is 4.98 Å². The highest BCUT2D eigenvalue weighted by molar-refractivity contribution is 6.31. The SMILES string of the molecule is CC(C)(C)c1nc(C(N)=O)ccc1Cl. The van der Waals surface area contributed by atoms with E-state index in [1.807, 2.05) is 20.8 Å². The monoisotopic (exact) mass is 212 g/mol. The van der Waals surface area contributed by atoms with Gasteiger partial charge in [-0.05, 0) is 12.1 Å². The molecule has 1 amide bonds. The van der Waals surface area contributed by atoms with Gasteiger partial charge in [0, 0.05) is 5.41 Å². The van der Waals surface area contributed by atoms with E-state index in [1.54, 1.807) is 6.07 Å². The predicted molar refractivity (Wildman–Crippen MR) is 56.5 cm³/mol. The maximum absolute atomic E-state index is 10.9. The van der Waals surface area contributed by atoms with Gasteiger partial charge in [-0.3, -0.25) is 4.79 Å². The zero-order chi connectivity index (χ0) is 10.9. The number of carbonyl (C=O) groups is 1. The zero-order valence-corrected chi connectivity index (χ0v) is 9.22. The number of amides is 1. The average Bonchev–Trinajstić information content (AvgIpc) is 2.02. The Morgan fingerprint density at radius 2 is 2.00 bits per heavy atom. The first-order valence-corrected chi connectivity index (χ1v) is 4.67. The summed E-state index contributed by atoms with van der Waals surface area (Å²) >= 11 is 5.97. The second-order valence-electron chi connectivity index (χ2n) is 4.14. The molecular formula is C10H13ClN2O. The number of nitrogens with zero attached hydrogens (tertiary/aromatic N) is 1. The Kier molecular flexibility index (Phi) is 2.81. The van der Waals surface area contributed by atoms with Gasteiger partial charge in [0.15, 0.2) is 0 Å². The lowest BCUT2D eigenvalue weighted by Gasteiger charge is -2.19. The molecule has 0 aliphatic carbocycles. The standard InChI is InChI=1S/C10H13ClN2O/c1-10(2,3)8-6(11)4-5-7(13-8)9(12)14/h4-5H,1-3H3,(H2,12,14). The molecule has 1 aromatic heterocycles. The molecule has 0 aliphatic heterocycles. The van der Waals surface area contributed by atoms with E-state index in [1.165, 1.54) is 6.07 Å². The Bertz CT molecular complexity index is 369. The maximum Gasteiger partial charge on any atom is 0.267 e. The van der Waals surface area contributed by atoms with Crippen molar-refractivity contribution in [3.8, 4) is 0 Å². The number of hydrogen-bond acceptors (Lipinski definition) is 2. The van der Waals surface area contributed by atoms with Gasteiger partial charge >= 0.3 is 0 Å². The number of pyridine rings is 1. The van der Waals surface area contributed by atoms with Crippen LogP contribution >= 0.6 is 11.6 Å². The minimum Gasteiger partial charge on any atom is -0.364 e. The van der Waals surface area contributed by atoms with Crippen LogP contribution < -0.4 is 5.73 Å². The number of halogens is 1. The number of hydrogen-bond donors (Lipinski definition) is 1. The van der Waals surface area contributed by atoms with Crippen molar-refractivity contribution in [3.05, 3.63) is 28.5 Å². The Balaban J connectivity index is 3.29. The van der Waals surface area contributed by atoms with E-state index in [0.29, 0.717) is 10.7 Å². The van der Waals surface area contributed by atoms with Crippen LogP contribution in [0.2, 0.25) is 5.02 Å². The van der Waals surface area contributed by atoms with Crippen LogP contribution in [0, 0.1) is 0 Å². The molecule has 0 saturated carbocycles. The van der Waals surface area contributed by atoms with Crippen LogP contribution in [-0.4, -0.2) is 10.9 Å². The lowest BCUT2D eigenvalue weighted by Crippen LogP contribution is -2.19. The van der Waals surface area contributed by atoms with Crippen LogP contribution in [0.1, 0.15) is 37.0 Å². The van der Waals surface area contributed by atoms with E-state index in [-0.39, 0.29) is 11.1 Å². The maximum atomic E-state index is 10.9. The van der Waals surface area contributed by atoms with E-state index in [4.69, 9.17) is 17.3 Å². The van der Waals surface area contributed by atoms with Gasteiger partial charge in [0.1, 0.15) is 5.69 Å². The number of carbonyl (C=O) groups excluding carboxylic acids is 1. The Hall–Kier alpha value is -1.09. The molecule has 2 N–H and O–H groups in total. The fourth-order valence-electron chi connectivity index (χ4n) is 1.11. The first kappa shape index (κ1) is 11.0. The summed E-state index contributed by atoms with van der Waals surface area (Å²) in [7, 11) is 0. The van der Waals surface area contributed by atoms with Gasteiger partial charge in [0.25, 0.3) is 5.91 Å². The number of rotatable bonds is 1. The third kappa shape index (κ3) is 2.23. The minimum absolute atomic E-state index is 0.192. The van der Waals surface area contributed by atoms with Crippen LogP contribution in [-0.2, 0) is 5.41 Å². The summed E-state index contributed by atoms with van der Waals surface area (Å²) in [5.41, 5.74) is 5.88. The molecule has 0 aliphatic rings. The number of nitrogens with two attached hydrogens (primary N) is 1. The van der Waals surface area contributed by atoms with Gasteiger partial charge in [-0.1, -0.05) is 32.4 Å². The third-order valence-electron chi connectivity index (χ3n) is 1.81. The molecule has 3 nitrogen and oxygen atoms in total. The van der Waals surface area contributed by atoms with E-state index in [9.17, 15) is 4.79 Å². The third-order valence-corrected chi connectivity index (χ3v) is 2.11. The smallest absolute Gasteiger partial charge is 0.267 e. The molecule has 1 rings (SSSR count). The van der Waals surface area contributed by atoms with E-state index in [0.717, 1.165) is 0 Å². The van der Waals surface area contributed by atoms with E-state index >= 15 is 0 Å². The second kappa shape index (κ2) is 3.58. The van der Waals surface area contributed by atoms with Crippen molar-refractivity contribution in [2.45, 2.75) is 26.2 Å². The van der Waals surface area contributed by atoms with Gasteiger partial charge in [-0.15, -0.1) is 0 Å². The Morgan fingerprint density at radius 1 is 1.43 bits per heavy atom. The Labute approximate surface area is 88.3 Å². The Morgan fingerprint density at radius 3 is 2.43 bits per heavy atom. The van der Waals surface area contributed by atoms with Crippen LogP contribution in [0.25, 0.3) is 0 Å². The van der Waals surface area contributed by atoms with Crippen molar-refractivity contribution >= 4 is 17.5 Å². The van der Waals surface area contributed by atoms with Gasteiger partial charge < -0.3 is 5.73 Å². The molecule has 14 heavy (non-hydrogen) atoms. The van der Waals surface area contributed by atoms with Crippen LogP contribution in [0.15, 0.2) is 12.1 Å². The molecule has 0 unspecified atom stereocenters. The quantitative estimate of drug-likeness (QED) is 0.776. The van der Waals surface area contributed by atoms with Crippen LogP contribution in [0.4, 0.5) is 0 Å². The first-order chi connectivity index (χ1) is 6.32. The number of aromatic nitrogens is 1. The second-order valence-corrected chi connectivity index (χ2v) is 4.55. The molecule has 76 valence electrons. The molecular weight excluding hydrogens is 200 g/mol. The molecule has 0 radical (unpaired) electrons. The van der Waals surface area contributed by atoms with E-state index < -0.39 is 5.91 Å². The minimum atomic E-state index is -0.535. The van der Waals surface area contributed by atoms with Gasteiger partial charge in [-0.2, -0.15) is 0 Å². The topological polar surface area (TPSA) is 56.0 Å².